The lowest BCUT2D eigenvalue weighted by Gasteiger charge is -2.01. The van der Waals surface area contributed by atoms with E-state index in [9.17, 15) is 4.39 Å². The average molecular weight is 250 g/mol. The summed E-state index contributed by atoms with van der Waals surface area (Å²) < 4.78 is 12.7. The summed E-state index contributed by atoms with van der Waals surface area (Å²) in [6.45, 7) is 0. The Morgan fingerprint density at radius 2 is 1.31 bits per heavy atom. The monoisotopic (exact) mass is 250 g/mol. The zero-order valence-electron chi connectivity index (χ0n) is 8.60. The van der Waals surface area contributed by atoms with Crippen molar-refractivity contribution in [1.82, 2.24) is 0 Å². The van der Waals surface area contributed by atoms with Crippen LogP contribution < -0.4 is 0 Å². The van der Waals surface area contributed by atoms with E-state index < -0.39 is 0 Å². The Hall–Kier alpha value is -0.930. The largest absolute Gasteiger partial charge is 0.207 e. The summed E-state index contributed by atoms with van der Waals surface area (Å²) in [5.74, 6) is -0.180. The summed E-state index contributed by atoms with van der Waals surface area (Å²) in [5.41, 5.74) is 0. The van der Waals surface area contributed by atoms with Gasteiger partial charge >= 0.3 is 0 Å². The van der Waals surface area contributed by atoms with Crippen LogP contribution in [0.4, 0.5) is 4.39 Å². The molecule has 0 aliphatic rings. The van der Waals surface area contributed by atoms with Crippen LogP contribution in [0, 0.1) is 5.82 Å². The molecule has 82 valence electrons. The lowest BCUT2D eigenvalue weighted by atomic mass is 10.4. The van der Waals surface area contributed by atoms with E-state index in [1.807, 2.05) is 30.3 Å². The molecule has 2 aromatic carbocycles. The number of benzene rings is 2. The summed E-state index contributed by atoms with van der Waals surface area (Å²) >= 11 is 3.51. The van der Waals surface area contributed by atoms with Gasteiger partial charge in [0.25, 0.3) is 0 Å². The van der Waals surface area contributed by atoms with Crippen LogP contribution in [0.2, 0.25) is 0 Å². The standard InChI is InChI=1S/C13H11FS2/c14-11-6-8-13(9-7-11)16-10-15-12-4-2-1-3-5-12/h1-9H,10H2. The molecule has 0 bridgehead atoms. The fraction of sp³-hybridized carbons (Fsp3) is 0.0769. The van der Waals surface area contributed by atoms with E-state index in [1.54, 1.807) is 23.5 Å². The molecule has 0 atom stereocenters. The highest BCUT2D eigenvalue weighted by molar-refractivity contribution is 8.16. The van der Waals surface area contributed by atoms with Gasteiger partial charge in [-0.1, -0.05) is 18.2 Å². The molecule has 0 saturated heterocycles. The molecule has 0 aromatic heterocycles. The molecule has 2 aromatic rings. The number of hydrogen-bond acceptors (Lipinski definition) is 2. The maximum absolute atomic E-state index is 12.7. The fourth-order valence-corrected chi connectivity index (χ4v) is 3.22. The Kier molecular flexibility index (Phi) is 4.31. The maximum Gasteiger partial charge on any atom is 0.123 e. The summed E-state index contributed by atoms with van der Waals surface area (Å²) in [6.07, 6.45) is 0. The minimum absolute atomic E-state index is 0.180. The van der Waals surface area contributed by atoms with Crippen LogP contribution in [0.5, 0.6) is 0 Å². The van der Waals surface area contributed by atoms with Gasteiger partial charge in [-0.05, 0) is 36.4 Å². The summed E-state index contributed by atoms with van der Waals surface area (Å²) in [5, 5.41) is 0.940. The summed E-state index contributed by atoms with van der Waals surface area (Å²) in [6, 6.07) is 16.9. The second-order valence-corrected chi connectivity index (χ2v) is 5.64. The van der Waals surface area contributed by atoms with Crippen molar-refractivity contribution in [2.75, 3.05) is 5.08 Å². The first-order valence-corrected chi connectivity index (χ1v) is 6.88. The minimum atomic E-state index is -0.180. The molecule has 0 N–H and O–H groups in total. The molecule has 3 heteroatoms. The third kappa shape index (κ3) is 3.58. The average Bonchev–Trinajstić information content (AvgIpc) is 2.33. The second-order valence-electron chi connectivity index (χ2n) is 3.17. The highest BCUT2D eigenvalue weighted by atomic mass is 32.2. The van der Waals surface area contributed by atoms with Crippen LogP contribution in [0.15, 0.2) is 64.4 Å². The maximum atomic E-state index is 12.7. The molecule has 0 saturated carbocycles. The van der Waals surface area contributed by atoms with Crippen LogP contribution in [0.25, 0.3) is 0 Å². The Bertz CT molecular complexity index is 425. The number of thioether (sulfide) groups is 2. The first kappa shape index (κ1) is 11.6. The minimum Gasteiger partial charge on any atom is -0.207 e. The molecule has 0 nitrogen and oxygen atoms in total. The Balaban J connectivity index is 1.82. The van der Waals surface area contributed by atoms with E-state index >= 15 is 0 Å². The van der Waals surface area contributed by atoms with Crippen LogP contribution in [-0.4, -0.2) is 5.08 Å². The quantitative estimate of drug-likeness (QED) is 0.571. The van der Waals surface area contributed by atoms with Crippen molar-refractivity contribution < 1.29 is 4.39 Å². The fourth-order valence-electron chi connectivity index (χ4n) is 1.21. The molecule has 2 rings (SSSR count). The molecule has 0 heterocycles. The molecule has 0 unspecified atom stereocenters. The Labute approximate surface area is 103 Å². The van der Waals surface area contributed by atoms with Crippen molar-refractivity contribution in [2.45, 2.75) is 9.79 Å². The van der Waals surface area contributed by atoms with Gasteiger partial charge in [-0.2, -0.15) is 0 Å². The van der Waals surface area contributed by atoms with Crippen molar-refractivity contribution >= 4 is 23.5 Å². The van der Waals surface area contributed by atoms with Gasteiger partial charge in [0.1, 0.15) is 5.82 Å². The van der Waals surface area contributed by atoms with E-state index in [2.05, 4.69) is 12.1 Å². The van der Waals surface area contributed by atoms with Gasteiger partial charge in [0.15, 0.2) is 0 Å². The lowest BCUT2D eigenvalue weighted by molar-refractivity contribution is 0.626. The van der Waals surface area contributed by atoms with Crippen LogP contribution in [0.3, 0.4) is 0 Å². The van der Waals surface area contributed by atoms with E-state index in [1.165, 1.54) is 17.0 Å². The molecule has 0 fully saturated rings. The van der Waals surface area contributed by atoms with Gasteiger partial charge in [0.05, 0.1) is 0 Å². The zero-order valence-corrected chi connectivity index (χ0v) is 10.2. The predicted molar refractivity (Wildman–Crippen MR) is 69.4 cm³/mol. The summed E-state index contributed by atoms with van der Waals surface area (Å²) in [7, 11) is 0. The van der Waals surface area contributed by atoms with Gasteiger partial charge in [0.2, 0.25) is 0 Å². The predicted octanol–water partition coefficient (Wildman–Crippen LogP) is 4.67. The van der Waals surface area contributed by atoms with Crippen LogP contribution in [0.1, 0.15) is 0 Å². The molecular weight excluding hydrogens is 239 g/mol. The highest BCUT2D eigenvalue weighted by Gasteiger charge is 1.96. The van der Waals surface area contributed by atoms with Crippen molar-refractivity contribution in [3.63, 3.8) is 0 Å². The van der Waals surface area contributed by atoms with Crippen LogP contribution >= 0.6 is 23.5 Å². The van der Waals surface area contributed by atoms with E-state index in [0.29, 0.717) is 0 Å². The third-order valence-corrected chi connectivity index (χ3v) is 4.16. The van der Waals surface area contributed by atoms with E-state index in [4.69, 9.17) is 0 Å². The van der Waals surface area contributed by atoms with Gasteiger partial charge in [-0.15, -0.1) is 23.5 Å². The van der Waals surface area contributed by atoms with Gasteiger partial charge in [-0.25, -0.2) is 4.39 Å². The van der Waals surface area contributed by atoms with Gasteiger partial charge in [0, 0.05) is 14.9 Å². The van der Waals surface area contributed by atoms with Crippen molar-refractivity contribution in [1.29, 1.82) is 0 Å². The van der Waals surface area contributed by atoms with Crippen molar-refractivity contribution in [3.8, 4) is 0 Å². The van der Waals surface area contributed by atoms with E-state index in [0.717, 1.165) is 9.98 Å². The Morgan fingerprint density at radius 3 is 1.94 bits per heavy atom. The van der Waals surface area contributed by atoms with Crippen molar-refractivity contribution in [2.24, 2.45) is 0 Å². The lowest BCUT2D eigenvalue weighted by Crippen LogP contribution is -1.76. The number of rotatable bonds is 4. The molecule has 0 spiro atoms. The zero-order chi connectivity index (χ0) is 11.2. The molecule has 0 aliphatic heterocycles. The normalized spacial score (nSPS) is 10.3. The first-order chi connectivity index (χ1) is 7.84. The molecule has 0 aliphatic carbocycles. The molecule has 0 radical (unpaired) electrons. The topological polar surface area (TPSA) is 0 Å². The van der Waals surface area contributed by atoms with E-state index in [-0.39, 0.29) is 5.82 Å². The molecular formula is C13H11FS2. The highest BCUT2D eigenvalue weighted by Crippen LogP contribution is 2.27. The third-order valence-electron chi connectivity index (χ3n) is 2.01. The molecule has 0 amide bonds. The second kappa shape index (κ2) is 5.97. The van der Waals surface area contributed by atoms with Gasteiger partial charge in [-0.3, -0.25) is 0 Å². The summed E-state index contributed by atoms with van der Waals surface area (Å²) in [4.78, 5) is 2.36. The molecule has 16 heavy (non-hydrogen) atoms. The van der Waals surface area contributed by atoms with Crippen LogP contribution in [-0.2, 0) is 0 Å². The first-order valence-electron chi connectivity index (χ1n) is 4.91. The Morgan fingerprint density at radius 1 is 0.750 bits per heavy atom. The SMILES string of the molecule is Fc1ccc(SCSc2ccccc2)cc1. The van der Waals surface area contributed by atoms with Crippen molar-refractivity contribution in [3.05, 3.63) is 60.4 Å². The number of halogens is 1. The van der Waals surface area contributed by atoms with Gasteiger partial charge < -0.3 is 0 Å². The smallest absolute Gasteiger partial charge is 0.123 e. The number of hydrogen-bond donors (Lipinski definition) is 0.